The van der Waals surface area contributed by atoms with Crippen molar-refractivity contribution in [1.29, 1.82) is 0 Å². The average molecular weight is 345 g/mol. The van der Waals surface area contributed by atoms with Gasteiger partial charge in [-0.15, -0.1) is 11.6 Å². The lowest BCUT2D eigenvalue weighted by Gasteiger charge is -2.31. The summed E-state index contributed by atoms with van der Waals surface area (Å²) in [5.41, 5.74) is 1.60. The maximum atomic E-state index is 6.07. The summed E-state index contributed by atoms with van der Waals surface area (Å²) < 4.78 is 8.81. The molecule has 0 N–H and O–H groups in total. The van der Waals surface area contributed by atoms with E-state index in [9.17, 15) is 0 Å². The molecule has 2 unspecified atom stereocenters. The second-order valence-corrected chi connectivity index (χ2v) is 6.30. The zero-order chi connectivity index (χ0) is 13.6. The van der Waals surface area contributed by atoms with E-state index in [1.165, 1.54) is 0 Å². The summed E-state index contributed by atoms with van der Waals surface area (Å²) in [4.78, 5) is 9.11. The van der Waals surface area contributed by atoms with Gasteiger partial charge in [-0.1, -0.05) is 0 Å². The summed E-state index contributed by atoms with van der Waals surface area (Å²) in [6, 6.07) is 1.97. The van der Waals surface area contributed by atoms with Crippen LogP contribution in [0.5, 0.6) is 0 Å². The standard InChI is InChI=1S/C13H15BrClN3O/c1-8-13(2,3-4-19-8)18-11(6-15)17-10-5-9(14)7-16-12(10)18/h5,7-8H,3-4,6H2,1-2H3. The number of ether oxygens (including phenoxy) is 1. The molecule has 4 nitrogen and oxygen atoms in total. The number of rotatable bonds is 2. The molecule has 3 heterocycles. The molecule has 6 heteroatoms. The second-order valence-electron chi connectivity index (χ2n) is 5.11. The zero-order valence-electron chi connectivity index (χ0n) is 10.9. The molecule has 0 spiro atoms. The third-order valence-corrected chi connectivity index (χ3v) is 4.69. The van der Waals surface area contributed by atoms with Crippen molar-refractivity contribution in [3.63, 3.8) is 0 Å². The lowest BCUT2D eigenvalue weighted by atomic mass is 9.94. The summed E-state index contributed by atoms with van der Waals surface area (Å²) in [6.45, 7) is 5.04. The molecule has 0 saturated carbocycles. The summed E-state index contributed by atoms with van der Waals surface area (Å²) in [5.74, 6) is 1.22. The first-order valence-electron chi connectivity index (χ1n) is 6.27. The minimum Gasteiger partial charge on any atom is -0.376 e. The van der Waals surface area contributed by atoms with Gasteiger partial charge in [0.25, 0.3) is 0 Å². The Bertz CT molecular complexity index is 630. The van der Waals surface area contributed by atoms with Crippen molar-refractivity contribution < 1.29 is 4.74 Å². The van der Waals surface area contributed by atoms with Crippen molar-refractivity contribution in [3.8, 4) is 0 Å². The molecule has 1 fully saturated rings. The maximum Gasteiger partial charge on any atom is 0.160 e. The largest absolute Gasteiger partial charge is 0.376 e. The van der Waals surface area contributed by atoms with Crippen molar-refractivity contribution in [2.24, 2.45) is 0 Å². The molecule has 1 aliphatic rings. The molecule has 2 aromatic rings. The van der Waals surface area contributed by atoms with Crippen LogP contribution in [-0.2, 0) is 16.2 Å². The van der Waals surface area contributed by atoms with Crippen LogP contribution in [0.15, 0.2) is 16.7 Å². The summed E-state index contributed by atoms with van der Waals surface area (Å²) in [7, 11) is 0. The van der Waals surface area contributed by atoms with E-state index in [1.54, 1.807) is 6.20 Å². The van der Waals surface area contributed by atoms with Crippen molar-refractivity contribution >= 4 is 38.7 Å². The van der Waals surface area contributed by atoms with Gasteiger partial charge in [-0.3, -0.25) is 0 Å². The van der Waals surface area contributed by atoms with Crippen molar-refractivity contribution in [2.75, 3.05) is 6.61 Å². The molecule has 0 aliphatic carbocycles. The monoisotopic (exact) mass is 343 g/mol. The Morgan fingerprint density at radius 1 is 1.63 bits per heavy atom. The molecule has 0 aromatic carbocycles. The van der Waals surface area contributed by atoms with Gasteiger partial charge in [0.05, 0.1) is 17.5 Å². The Morgan fingerprint density at radius 3 is 3.05 bits per heavy atom. The van der Waals surface area contributed by atoms with Crippen molar-refractivity contribution in [1.82, 2.24) is 14.5 Å². The highest BCUT2D eigenvalue weighted by Crippen LogP contribution is 2.37. The lowest BCUT2D eigenvalue weighted by Crippen LogP contribution is -2.38. The highest BCUT2D eigenvalue weighted by Gasteiger charge is 2.41. The smallest absolute Gasteiger partial charge is 0.160 e. The quantitative estimate of drug-likeness (QED) is 0.783. The van der Waals surface area contributed by atoms with Crippen molar-refractivity contribution in [2.45, 2.75) is 37.8 Å². The van der Waals surface area contributed by atoms with Crippen LogP contribution in [0.2, 0.25) is 0 Å². The fourth-order valence-corrected chi connectivity index (χ4v) is 3.23. The molecule has 3 rings (SSSR count). The predicted octanol–water partition coefficient (Wildman–Crippen LogP) is 3.46. The van der Waals surface area contributed by atoms with Crippen LogP contribution < -0.4 is 0 Å². The van der Waals surface area contributed by atoms with Crippen LogP contribution in [-0.4, -0.2) is 27.2 Å². The lowest BCUT2D eigenvalue weighted by molar-refractivity contribution is 0.0764. The Balaban J connectivity index is 2.27. The van der Waals surface area contributed by atoms with E-state index in [-0.39, 0.29) is 11.6 Å². The Morgan fingerprint density at radius 2 is 2.42 bits per heavy atom. The SMILES string of the molecule is CC1OCCC1(C)n1c(CCl)nc2cc(Br)cnc21. The van der Waals surface area contributed by atoms with Crippen LogP contribution >= 0.6 is 27.5 Å². The number of alkyl halides is 1. The van der Waals surface area contributed by atoms with E-state index in [0.717, 1.165) is 34.5 Å². The Labute approximate surface area is 125 Å². The molecule has 2 aromatic heterocycles. The van der Waals surface area contributed by atoms with Gasteiger partial charge in [0.2, 0.25) is 0 Å². The topological polar surface area (TPSA) is 39.9 Å². The second kappa shape index (κ2) is 4.72. The van der Waals surface area contributed by atoms with E-state index in [0.29, 0.717) is 5.88 Å². The van der Waals surface area contributed by atoms with E-state index < -0.39 is 0 Å². The van der Waals surface area contributed by atoms with E-state index in [4.69, 9.17) is 16.3 Å². The van der Waals surface area contributed by atoms with Crippen molar-refractivity contribution in [3.05, 3.63) is 22.6 Å². The predicted molar refractivity (Wildman–Crippen MR) is 78.5 cm³/mol. The normalized spacial score (nSPS) is 27.3. The number of hydrogen-bond acceptors (Lipinski definition) is 3. The third kappa shape index (κ3) is 1.99. The van der Waals surface area contributed by atoms with Crippen LogP contribution in [0.4, 0.5) is 0 Å². The molecular weight excluding hydrogens is 330 g/mol. The van der Waals surface area contributed by atoms with E-state index in [1.807, 2.05) is 6.07 Å². The van der Waals surface area contributed by atoms with Gasteiger partial charge < -0.3 is 9.30 Å². The number of imidazole rings is 1. The number of nitrogens with zero attached hydrogens (tertiary/aromatic N) is 3. The van der Waals surface area contributed by atoms with Gasteiger partial charge in [-0.05, 0) is 42.3 Å². The number of hydrogen-bond donors (Lipinski definition) is 0. The minimum atomic E-state index is -0.139. The first-order chi connectivity index (χ1) is 9.06. The van der Waals surface area contributed by atoms with Gasteiger partial charge in [-0.2, -0.15) is 0 Å². The van der Waals surface area contributed by atoms with Crippen LogP contribution in [0.25, 0.3) is 11.2 Å². The van der Waals surface area contributed by atoms with Gasteiger partial charge in [-0.25, -0.2) is 9.97 Å². The fraction of sp³-hybridized carbons (Fsp3) is 0.538. The van der Waals surface area contributed by atoms with E-state index in [2.05, 4.69) is 44.3 Å². The van der Waals surface area contributed by atoms with Gasteiger partial charge >= 0.3 is 0 Å². The first-order valence-corrected chi connectivity index (χ1v) is 7.60. The Hall–Kier alpha value is -0.650. The van der Waals surface area contributed by atoms with Gasteiger partial charge in [0.1, 0.15) is 11.3 Å². The summed E-state index contributed by atoms with van der Waals surface area (Å²) in [6.07, 6.45) is 2.86. The molecule has 1 aliphatic heterocycles. The zero-order valence-corrected chi connectivity index (χ0v) is 13.2. The number of aromatic nitrogens is 3. The third-order valence-electron chi connectivity index (χ3n) is 4.02. The highest BCUT2D eigenvalue weighted by molar-refractivity contribution is 9.10. The van der Waals surface area contributed by atoms with Crippen LogP contribution in [0.3, 0.4) is 0 Å². The number of halogens is 2. The van der Waals surface area contributed by atoms with Gasteiger partial charge in [0.15, 0.2) is 5.65 Å². The molecule has 0 bridgehead atoms. The molecule has 1 saturated heterocycles. The molecule has 0 radical (unpaired) electrons. The molecule has 2 atom stereocenters. The van der Waals surface area contributed by atoms with Gasteiger partial charge in [0, 0.05) is 17.3 Å². The van der Waals surface area contributed by atoms with Crippen LogP contribution in [0, 0.1) is 0 Å². The van der Waals surface area contributed by atoms with E-state index >= 15 is 0 Å². The Kier molecular flexibility index (Phi) is 3.31. The maximum absolute atomic E-state index is 6.07. The highest BCUT2D eigenvalue weighted by atomic mass is 79.9. The number of pyridine rings is 1. The first kappa shape index (κ1) is 13.3. The van der Waals surface area contributed by atoms with Crippen LogP contribution in [0.1, 0.15) is 26.1 Å². The molecule has 0 amide bonds. The average Bonchev–Trinajstić information content (AvgIpc) is 2.91. The fourth-order valence-electron chi connectivity index (χ4n) is 2.73. The molecular formula is C13H15BrClN3O. The molecule has 19 heavy (non-hydrogen) atoms. The number of fused-ring (bicyclic) bond motifs is 1. The summed E-state index contributed by atoms with van der Waals surface area (Å²) >= 11 is 9.50. The summed E-state index contributed by atoms with van der Waals surface area (Å²) in [5, 5.41) is 0. The molecule has 102 valence electrons. The minimum absolute atomic E-state index is 0.123.